The van der Waals surface area contributed by atoms with Gasteiger partial charge in [0.2, 0.25) is 5.12 Å². The average molecular weight is 385 g/mol. The smallest absolute Gasteiger partial charge is 0.220 e. The van der Waals surface area contributed by atoms with Crippen LogP contribution in [0.1, 0.15) is 39.0 Å². The zero-order valence-corrected chi connectivity index (χ0v) is 16.7. The highest BCUT2D eigenvalue weighted by atomic mass is 32.2. The highest BCUT2D eigenvalue weighted by Gasteiger charge is 2.16. The summed E-state index contributed by atoms with van der Waals surface area (Å²) >= 11 is 2.39. The molecule has 2 aromatic carbocycles. The molecule has 0 aliphatic carbocycles. The van der Waals surface area contributed by atoms with Crippen molar-refractivity contribution in [3.05, 3.63) is 72.3 Å². The molecule has 136 valence electrons. The Hall–Kier alpha value is -1.78. The first-order valence-corrected chi connectivity index (χ1v) is 10.5. The first-order valence-electron chi connectivity index (χ1n) is 8.91. The third kappa shape index (κ3) is 7.63. The molecule has 0 aliphatic heterocycles. The molecule has 0 saturated heterocycles. The Labute approximate surface area is 164 Å². The highest BCUT2D eigenvalue weighted by molar-refractivity contribution is 8.14. The van der Waals surface area contributed by atoms with Crippen molar-refractivity contribution in [3.63, 3.8) is 0 Å². The van der Waals surface area contributed by atoms with Crippen molar-refractivity contribution in [1.29, 1.82) is 0 Å². The van der Waals surface area contributed by atoms with Crippen molar-refractivity contribution in [2.24, 2.45) is 0 Å². The van der Waals surface area contributed by atoms with Crippen LogP contribution in [0.5, 0.6) is 0 Å². The maximum Gasteiger partial charge on any atom is 0.220 e. The first kappa shape index (κ1) is 20.5. The normalized spacial score (nSPS) is 11.3. The van der Waals surface area contributed by atoms with Crippen LogP contribution < -0.4 is 0 Å². The summed E-state index contributed by atoms with van der Waals surface area (Å²) in [5, 5.41) is -0.0327. The van der Waals surface area contributed by atoms with Crippen molar-refractivity contribution in [2.45, 2.75) is 48.8 Å². The molecule has 2 rings (SSSR count). The van der Waals surface area contributed by atoms with Gasteiger partial charge in [0.15, 0.2) is 5.12 Å². The Kier molecular flexibility index (Phi) is 9.29. The van der Waals surface area contributed by atoms with Gasteiger partial charge in [-0.05, 0) is 48.9 Å². The van der Waals surface area contributed by atoms with Crippen LogP contribution in [0.15, 0.2) is 82.1 Å². The van der Waals surface area contributed by atoms with Gasteiger partial charge in [-0.25, -0.2) is 0 Å². The van der Waals surface area contributed by atoms with E-state index in [1.165, 1.54) is 23.5 Å². The topological polar surface area (TPSA) is 34.1 Å². The Balaban J connectivity index is 2.02. The summed E-state index contributed by atoms with van der Waals surface area (Å²) in [6.07, 6.45) is 6.29. The molecule has 0 spiro atoms. The third-order valence-electron chi connectivity index (χ3n) is 3.72. The summed E-state index contributed by atoms with van der Waals surface area (Å²) in [7, 11) is 0. The van der Waals surface area contributed by atoms with Crippen LogP contribution in [-0.4, -0.2) is 10.2 Å². The Bertz CT molecular complexity index is 724. The zero-order valence-electron chi connectivity index (χ0n) is 15.0. The standard InChI is InChI=1S/C22H24O2S2/c1-2-3-4-7-12-18(22(24)26-20-15-10-6-11-16-20)17-21(23)25-19-13-8-5-9-14-19/h5-6,8-16H,2-4,7,17H2,1H3/b18-12+. The second-order valence-corrected chi connectivity index (χ2v) is 8.07. The molecule has 0 atom stereocenters. The van der Waals surface area contributed by atoms with Crippen LogP contribution in [-0.2, 0) is 9.59 Å². The van der Waals surface area contributed by atoms with E-state index in [0.717, 1.165) is 35.5 Å². The number of thioether (sulfide) groups is 2. The molecule has 26 heavy (non-hydrogen) atoms. The molecular formula is C22H24O2S2. The molecule has 4 heteroatoms. The molecule has 2 aromatic rings. The molecule has 0 saturated carbocycles. The quantitative estimate of drug-likeness (QED) is 0.280. The molecule has 0 amide bonds. The molecule has 0 fully saturated rings. The van der Waals surface area contributed by atoms with Gasteiger partial charge in [-0.15, -0.1) is 0 Å². The molecule has 0 heterocycles. The van der Waals surface area contributed by atoms with Crippen LogP contribution in [0.3, 0.4) is 0 Å². The minimum absolute atomic E-state index is 0.0000433. The average Bonchev–Trinajstić information content (AvgIpc) is 2.66. The monoisotopic (exact) mass is 384 g/mol. The molecule has 0 aromatic heterocycles. The van der Waals surface area contributed by atoms with E-state index in [9.17, 15) is 9.59 Å². The number of unbranched alkanes of at least 4 members (excludes halogenated alkanes) is 3. The lowest BCUT2D eigenvalue weighted by Gasteiger charge is -2.07. The fourth-order valence-corrected chi connectivity index (χ4v) is 3.95. The number of hydrogen-bond donors (Lipinski definition) is 0. The van der Waals surface area contributed by atoms with E-state index >= 15 is 0 Å². The minimum atomic E-state index is -0.0327. The summed E-state index contributed by atoms with van der Waals surface area (Å²) in [5.41, 5.74) is 0.614. The molecule has 0 unspecified atom stereocenters. The van der Waals surface area contributed by atoms with Gasteiger partial charge < -0.3 is 0 Å². The SMILES string of the molecule is CCCCC/C=C(\CC(=O)Sc1ccccc1)C(=O)Sc1ccccc1. The fraction of sp³-hybridized carbons (Fsp3) is 0.273. The van der Waals surface area contributed by atoms with Gasteiger partial charge >= 0.3 is 0 Å². The lowest BCUT2D eigenvalue weighted by Crippen LogP contribution is -2.03. The van der Waals surface area contributed by atoms with E-state index < -0.39 is 0 Å². The summed E-state index contributed by atoms with van der Waals surface area (Å²) in [5.74, 6) is 0. The Morgan fingerprint density at radius 1 is 0.846 bits per heavy atom. The lowest BCUT2D eigenvalue weighted by atomic mass is 10.1. The zero-order chi connectivity index (χ0) is 18.6. The maximum absolute atomic E-state index is 12.7. The van der Waals surface area contributed by atoms with Crippen molar-refractivity contribution < 1.29 is 9.59 Å². The largest absolute Gasteiger partial charge is 0.286 e. The van der Waals surface area contributed by atoms with E-state index in [-0.39, 0.29) is 16.7 Å². The van der Waals surface area contributed by atoms with Gasteiger partial charge in [-0.3, -0.25) is 9.59 Å². The van der Waals surface area contributed by atoms with Crippen molar-refractivity contribution in [1.82, 2.24) is 0 Å². The number of allylic oxidation sites excluding steroid dienone is 1. The molecule has 0 aliphatic rings. The van der Waals surface area contributed by atoms with E-state index in [0.29, 0.717) is 5.57 Å². The predicted molar refractivity (Wildman–Crippen MR) is 111 cm³/mol. The van der Waals surface area contributed by atoms with Gasteiger partial charge in [-0.2, -0.15) is 0 Å². The Morgan fingerprint density at radius 3 is 2.00 bits per heavy atom. The molecule has 2 nitrogen and oxygen atoms in total. The number of rotatable bonds is 9. The van der Waals surface area contributed by atoms with E-state index in [1.54, 1.807) is 0 Å². The fourth-order valence-electron chi connectivity index (χ4n) is 2.37. The van der Waals surface area contributed by atoms with Crippen molar-refractivity contribution in [2.75, 3.05) is 0 Å². The van der Waals surface area contributed by atoms with Crippen LogP contribution in [0.25, 0.3) is 0 Å². The van der Waals surface area contributed by atoms with Gasteiger partial charge in [0.1, 0.15) is 0 Å². The molecule has 0 bridgehead atoms. The van der Waals surface area contributed by atoms with Crippen molar-refractivity contribution >= 4 is 33.8 Å². The maximum atomic E-state index is 12.7. The summed E-state index contributed by atoms with van der Waals surface area (Å²) in [4.78, 5) is 26.9. The van der Waals surface area contributed by atoms with E-state index in [2.05, 4.69) is 6.92 Å². The highest BCUT2D eigenvalue weighted by Crippen LogP contribution is 2.27. The Morgan fingerprint density at radius 2 is 1.42 bits per heavy atom. The van der Waals surface area contributed by atoms with Gasteiger partial charge in [0.25, 0.3) is 0 Å². The second-order valence-electron chi connectivity index (χ2n) is 5.89. The van der Waals surface area contributed by atoms with Crippen molar-refractivity contribution in [3.8, 4) is 0 Å². The van der Waals surface area contributed by atoms with Crippen LogP contribution in [0.2, 0.25) is 0 Å². The molecule has 0 N–H and O–H groups in total. The van der Waals surface area contributed by atoms with Gasteiger partial charge in [-0.1, -0.05) is 74.0 Å². The first-order chi connectivity index (χ1) is 12.7. The van der Waals surface area contributed by atoms with Gasteiger partial charge in [0, 0.05) is 21.8 Å². The number of benzene rings is 2. The summed E-state index contributed by atoms with van der Waals surface area (Å²) in [6, 6.07) is 19.1. The minimum Gasteiger partial charge on any atom is -0.286 e. The van der Waals surface area contributed by atoms with Gasteiger partial charge in [0.05, 0.1) is 0 Å². The number of carbonyl (C=O) groups excluding carboxylic acids is 2. The predicted octanol–water partition coefficient (Wildman–Crippen LogP) is 6.52. The molecular weight excluding hydrogens is 360 g/mol. The number of carbonyl (C=O) groups is 2. The summed E-state index contributed by atoms with van der Waals surface area (Å²) < 4.78 is 0. The lowest BCUT2D eigenvalue weighted by molar-refractivity contribution is -0.112. The van der Waals surface area contributed by atoms with E-state index in [4.69, 9.17) is 0 Å². The van der Waals surface area contributed by atoms with Crippen LogP contribution in [0.4, 0.5) is 0 Å². The van der Waals surface area contributed by atoms with Crippen LogP contribution >= 0.6 is 23.5 Å². The third-order valence-corrected chi connectivity index (χ3v) is 5.56. The molecule has 0 radical (unpaired) electrons. The number of hydrogen-bond acceptors (Lipinski definition) is 4. The van der Waals surface area contributed by atoms with Crippen LogP contribution in [0, 0.1) is 0 Å². The van der Waals surface area contributed by atoms with E-state index in [1.807, 2.05) is 66.7 Å². The summed E-state index contributed by atoms with van der Waals surface area (Å²) in [6.45, 7) is 2.15. The second kappa shape index (κ2) is 11.8.